The number of imidazole rings is 1. The molecule has 3 aromatic rings. The Labute approximate surface area is 127 Å². The van der Waals surface area contributed by atoms with E-state index >= 15 is 0 Å². The Hall–Kier alpha value is -1.53. The number of aromatic nitrogens is 2. The molecule has 2 nitrogen and oxygen atoms in total. The molecule has 0 spiro atoms. The Morgan fingerprint density at radius 2 is 1.85 bits per heavy atom. The van der Waals surface area contributed by atoms with Crippen molar-refractivity contribution < 1.29 is 8.78 Å². The maximum absolute atomic E-state index is 14.1. The number of para-hydroxylation sites is 1. The zero-order valence-corrected chi connectivity index (χ0v) is 12.8. The highest BCUT2D eigenvalue weighted by molar-refractivity contribution is 9.10. The fourth-order valence-corrected chi connectivity index (χ4v) is 2.94. The molecule has 1 heterocycles. The highest BCUT2D eigenvalue weighted by Crippen LogP contribution is 2.27. The standard InChI is InChI=1S/C14H9BrF2N2S/c1-7-3-2-4-11-12(7)18-14(20)19(11)13-9(16)5-8(15)6-10(13)17/h2-6H,1H3,(H,18,20). The van der Waals surface area contributed by atoms with E-state index in [1.165, 1.54) is 16.7 Å². The number of fused-ring (bicyclic) bond motifs is 1. The van der Waals surface area contributed by atoms with Gasteiger partial charge in [-0.05, 0) is 42.9 Å². The van der Waals surface area contributed by atoms with Crippen LogP contribution in [0.25, 0.3) is 16.7 Å². The van der Waals surface area contributed by atoms with E-state index in [-0.39, 0.29) is 10.5 Å². The Balaban J connectivity index is 2.45. The lowest BCUT2D eigenvalue weighted by Crippen LogP contribution is -2.02. The topological polar surface area (TPSA) is 20.7 Å². The van der Waals surface area contributed by atoms with Gasteiger partial charge < -0.3 is 4.98 Å². The molecule has 0 aliphatic carbocycles. The van der Waals surface area contributed by atoms with Crippen molar-refractivity contribution in [2.24, 2.45) is 0 Å². The summed E-state index contributed by atoms with van der Waals surface area (Å²) >= 11 is 8.28. The number of nitrogens with zero attached hydrogens (tertiary/aromatic N) is 1. The van der Waals surface area contributed by atoms with Gasteiger partial charge in [0.2, 0.25) is 0 Å². The van der Waals surface area contributed by atoms with E-state index in [1.54, 1.807) is 6.07 Å². The molecule has 2 aromatic carbocycles. The number of aromatic amines is 1. The van der Waals surface area contributed by atoms with Gasteiger partial charge in [-0.1, -0.05) is 28.1 Å². The van der Waals surface area contributed by atoms with Crippen LogP contribution < -0.4 is 0 Å². The number of hydrogen-bond acceptors (Lipinski definition) is 1. The largest absolute Gasteiger partial charge is 0.330 e. The van der Waals surface area contributed by atoms with Gasteiger partial charge >= 0.3 is 0 Å². The van der Waals surface area contributed by atoms with Crippen molar-refractivity contribution in [2.75, 3.05) is 0 Å². The maximum atomic E-state index is 14.1. The Kier molecular flexibility index (Phi) is 3.22. The number of hydrogen-bond donors (Lipinski definition) is 1. The number of H-pyrrole nitrogens is 1. The van der Waals surface area contributed by atoms with E-state index in [9.17, 15) is 8.78 Å². The normalized spacial score (nSPS) is 11.2. The van der Waals surface area contributed by atoms with Crippen molar-refractivity contribution in [3.05, 3.63) is 56.8 Å². The van der Waals surface area contributed by atoms with Gasteiger partial charge in [0, 0.05) is 4.47 Å². The minimum atomic E-state index is -0.671. The fraction of sp³-hybridized carbons (Fsp3) is 0.0714. The van der Waals surface area contributed by atoms with Crippen molar-refractivity contribution in [3.8, 4) is 5.69 Å². The second-order valence-corrected chi connectivity index (χ2v) is 5.76. The molecule has 3 rings (SSSR count). The molecule has 0 aliphatic rings. The molecule has 6 heteroatoms. The number of halogens is 3. The van der Waals surface area contributed by atoms with Crippen LogP contribution in [0.1, 0.15) is 5.56 Å². The smallest absolute Gasteiger partial charge is 0.182 e. The first-order chi connectivity index (χ1) is 9.49. The van der Waals surface area contributed by atoms with Gasteiger partial charge in [-0.25, -0.2) is 8.78 Å². The summed E-state index contributed by atoms with van der Waals surface area (Å²) in [4.78, 5) is 3.00. The Morgan fingerprint density at radius 3 is 2.50 bits per heavy atom. The average Bonchev–Trinajstić information content (AvgIpc) is 2.67. The number of aryl methyl sites for hydroxylation is 1. The van der Waals surface area contributed by atoms with Crippen molar-refractivity contribution in [3.63, 3.8) is 0 Å². The third kappa shape index (κ3) is 1.99. The number of rotatable bonds is 1. The molecule has 20 heavy (non-hydrogen) atoms. The number of nitrogens with one attached hydrogen (secondary N) is 1. The fourth-order valence-electron chi connectivity index (χ4n) is 2.24. The van der Waals surface area contributed by atoms with Crippen LogP contribution in [-0.2, 0) is 0 Å². The third-order valence-electron chi connectivity index (χ3n) is 3.13. The van der Waals surface area contributed by atoms with Crippen LogP contribution in [0.15, 0.2) is 34.8 Å². The van der Waals surface area contributed by atoms with Gasteiger partial charge in [-0.3, -0.25) is 4.57 Å². The monoisotopic (exact) mass is 354 g/mol. The summed E-state index contributed by atoms with van der Waals surface area (Å²) in [6.07, 6.45) is 0. The molecular weight excluding hydrogens is 346 g/mol. The van der Waals surface area contributed by atoms with E-state index in [4.69, 9.17) is 12.2 Å². The molecule has 0 aliphatic heterocycles. The summed E-state index contributed by atoms with van der Waals surface area (Å²) in [5.41, 5.74) is 2.22. The predicted octanol–water partition coefficient (Wildman–Crippen LogP) is 5.04. The Bertz CT molecular complexity index is 859. The molecule has 1 aromatic heterocycles. The number of benzene rings is 2. The molecule has 0 fully saturated rings. The lowest BCUT2D eigenvalue weighted by molar-refractivity contribution is 0.569. The summed E-state index contributed by atoms with van der Waals surface area (Å²) in [5, 5.41) is 0. The lowest BCUT2D eigenvalue weighted by atomic mass is 10.2. The van der Waals surface area contributed by atoms with Gasteiger partial charge in [0.15, 0.2) is 16.4 Å². The molecule has 0 unspecified atom stereocenters. The van der Waals surface area contributed by atoms with Crippen LogP contribution in [-0.4, -0.2) is 9.55 Å². The summed E-state index contributed by atoms with van der Waals surface area (Å²) < 4.78 is 30.3. The maximum Gasteiger partial charge on any atom is 0.182 e. The lowest BCUT2D eigenvalue weighted by Gasteiger charge is -2.08. The molecule has 0 atom stereocenters. The highest BCUT2D eigenvalue weighted by atomic mass is 79.9. The SMILES string of the molecule is Cc1cccc2c1[nH]c(=S)n2-c1c(F)cc(Br)cc1F. The van der Waals surface area contributed by atoms with Gasteiger partial charge in [-0.2, -0.15) is 0 Å². The van der Waals surface area contributed by atoms with Crippen molar-refractivity contribution in [2.45, 2.75) is 6.92 Å². The molecular formula is C14H9BrF2N2S. The summed E-state index contributed by atoms with van der Waals surface area (Å²) in [7, 11) is 0. The first-order valence-corrected chi connectivity index (χ1v) is 7.04. The summed E-state index contributed by atoms with van der Waals surface area (Å²) in [6.45, 7) is 1.91. The van der Waals surface area contributed by atoms with E-state index in [2.05, 4.69) is 20.9 Å². The van der Waals surface area contributed by atoms with Gasteiger partial charge in [0.05, 0.1) is 11.0 Å². The zero-order valence-electron chi connectivity index (χ0n) is 10.4. The van der Waals surface area contributed by atoms with E-state index < -0.39 is 11.6 Å². The van der Waals surface area contributed by atoms with Gasteiger partial charge in [-0.15, -0.1) is 0 Å². The predicted molar refractivity (Wildman–Crippen MR) is 80.8 cm³/mol. The van der Waals surface area contributed by atoms with E-state index in [1.807, 2.05) is 19.1 Å². The van der Waals surface area contributed by atoms with Crippen molar-refractivity contribution in [1.29, 1.82) is 0 Å². The molecule has 0 amide bonds. The molecule has 0 saturated carbocycles. The van der Waals surface area contributed by atoms with E-state index in [0.29, 0.717) is 9.99 Å². The zero-order chi connectivity index (χ0) is 14.4. The quantitative estimate of drug-likeness (QED) is 0.607. The molecule has 0 radical (unpaired) electrons. The first kappa shape index (κ1) is 13.5. The first-order valence-electron chi connectivity index (χ1n) is 5.84. The molecule has 1 N–H and O–H groups in total. The van der Waals surface area contributed by atoms with Crippen LogP contribution in [0, 0.1) is 23.3 Å². The average molecular weight is 355 g/mol. The van der Waals surface area contributed by atoms with Crippen LogP contribution in [0.2, 0.25) is 0 Å². The Morgan fingerprint density at radius 1 is 1.20 bits per heavy atom. The molecule has 0 bridgehead atoms. The van der Waals surface area contributed by atoms with E-state index in [0.717, 1.165) is 11.1 Å². The second kappa shape index (κ2) is 4.79. The van der Waals surface area contributed by atoms with Crippen molar-refractivity contribution in [1.82, 2.24) is 9.55 Å². The van der Waals surface area contributed by atoms with Crippen LogP contribution in [0.4, 0.5) is 8.78 Å². The molecule has 0 saturated heterocycles. The third-order valence-corrected chi connectivity index (χ3v) is 3.87. The van der Waals surface area contributed by atoms with Gasteiger partial charge in [0.1, 0.15) is 5.69 Å². The minimum absolute atomic E-state index is 0.171. The second-order valence-electron chi connectivity index (χ2n) is 4.45. The van der Waals surface area contributed by atoms with Gasteiger partial charge in [0.25, 0.3) is 0 Å². The summed E-state index contributed by atoms with van der Waals surface area (Å²) in [5.74, 6) is -1.34. The van der Waals surface area contributed by atoms with Crippen LogP contribution in [0.5, 0.6) is 0 Å². The van der Waals surface area contributed by atoms with Crippen molar-refractivity contribution >= 4 is 39.2 Å². The highest BCUT2D eigenvalue weighted by Gasteiger charge is 2.17. The molecule has 102 valence electrons. The van der Waals surface area contributed by atoms with Crippen LogP contribution >= 0.6 is 28.1 Å². The minimum Gasteiger partial charge on any atom is -0.330 e. The summed E-state index contributed by atoms with van der Waals surface area (Å²) in [6, 6.07) is 7.94. The van der Waals surface area contributed by atoms with Crippen LogP contribution in [0.3, 0.4) is 0 Å².